The molecule has 2 N–H and O–H groups in total. The molecule has 1 amide bonds. The van der Waals surface area contributed by atoms with Gasteiger partial charge in [0.1, 0.15) is 10.6 Å². The third-order valence-corrected chi connectivity index (χ3v) is 7.35. The summed E-state index contributed by atoms with van der Waals surface area (Å²) in [5.41, 5.74) is 8.57. The van der Waals surface area contributed by atoms with Crippen molar-refractivity contribution in [2.45, 2.75) is 44.7 Å². The minimum Gasteiger partial charge on any atom is -0.480 e. The van der Waals surface area contributed by atoms with E-state index in [4.69, 9.17) is 14.9 Å². The summed E-state index contributed by atoms with van der Waals surface area (Å²) in [4.78, 5) is 24.4. The molecule has 0 radical (unpaired) electrons. The van der Waals surface area contributed by atoms with Crippen molar-refractivity contribution in [1.82, 2.24) is 25.1 Å². The van der Waals surface area contributed by atoms with Gasteiger partial charge in [0.25, 0.3) is 11.8 Å². The Morgan fingerprint density at radius 2 is 2.11 bits per heavy atom. The van der Waals surface area contributed by atoms with Crippen molar-refractivity contribution < 1.29 is 13.9 Å². The molecular formula is C26H28N6O3S. The van der Waals surface area contributed by atoms with Crippen LogP contribution in [0.2, 0.25) is 0 Å². The molecule has 3 aromatic heterocycles. The Morgan fingerprint density at radius 3 is 2.83 bits per heavy atom. The molecule has 1 aromatic carbocycles. The monoisotopic (exact) mass is 504 g/mol. The van der Waals surface area contributed by atoms with Crippen LogP contribution in [-0.4, -0.2) is 44.6 Å². The van der Waals surface area contributed by atoms with Gasteiger partial charge in [0.15, 0.2) is 0 Å². The van der Waals surface area contributed by atoms with Crippen LogP contribution in [0.4, 0.5) is 0 Å². The van der Waals surface area contributed by atoms with Crippen molar-refractivity contribution in [3.63, 3.8) is 0 Å². The third kappa shape index (κ3) is 4.74. The number of rotatable bonds is 7. The first kappa shape index (κ1) is 24.1. The van der Waals surface area contributed by atoms with Crippen LogP contribution in [0, 0.1) is 6.92 Å². The van der Waals surface area contributed by atoms with E-state index >= 15 is 0 Å². The fourth-order valence-corrected chi connectivity index (χ4v) is 5.44. The van der Waals surface area contributed by atoms with Crippen LogP contribution in [0.25, 0.3) is 11.5 Å². The number of methoxy groups -OCH3 is 1. The van der Waals surface area contributed by atoms with Crippen molar-refractivity contribution in [2.24, 2.45) is 5.73 Å². The van der Waals surface area contributed by atoms with Crippen LogP contribution in [0.15, 0.2) is 52.4 Å². The summed E-state index contributed by atoms with van der Waals surface area (Å²) in [6, 6.07) is 11.5. The Morgan fingerprint density at radius 1 is 1.31 bits per heavy atom. The van der Waals surface area contributed by atoms with E-state index in [0.29, 0.717) is 30.0 Å². The molecule has 1 fully saturated rings. The van der Waals surface area contributed by atoms with E-state index < -0.39 is 5.54 Å². The average molecular weight is 505 g/mol. The highest BCUT2D eigenvalue weighted by atomic mass is 32.1. The molecule has 1 aliphatic rings. The Hall–Kier alpha value is -3.63. The number of hydrogen-bond donors (Lipinski definition) is 1. The molecule has 1 saturated heterocycles. The van der Waals surface area contributed by atoms with Crippen LogP contribution < -0.4 is 10.5 Å². The summed E-state index contributed by atoms with van der Waals surface area (Å²) < 4.78 is 11.4. The number of hydrogen-bond acceptors (Lipinski definition) is 9. The van der Waals surface area contributed by atoms with E-state index in [1.54, 1.807) is 17.4 Å². The maximum atomic E-state index is 13.5. The van der Waals surface area contributed by atoms with Gasteiger partial charge in [0, 0.05) is 23.8 Å². The maximum Gasteiger partial charge on any atom is 0.256 e. The normalized spacial score (nSPS) is 17.2. The first-order valence-corrected chi connectivity index (χ1v) is 12.7. The molecule has 9 nitrogen and oxygen atoms in total. The molecule has 186 valence electrons. The summed E-state index contributed by atoms with van der Waals surface area (Å²) in [5.74, 6) is 0.660. The second-order valence-corrected chi connectivity index (χ2v) is 10.1. The molecule has 5 rings (SSSR count). The van der Waals surface area contributed by atoms with E-state index in [0.717, 1.165) is 29.1 Å². The number of aryl methyl sites for hydroxylation is 1. The molecule has 1 aliphatic heterocycles. The lowest BCUT2D eigenvalue weighted by Gasteiger charge is -2.23. The van der Waals surface area contributed by atoms with Gasteiger partial charge in [-0.3, -0.25) is 4.79 Å². The standard InChI is InChI=1S/C26H28N6O3S/c1-16-15-36-23(29-16)20-10-7-11-32(20)24(33)18-12-19(21(34-3)28-14-18)22-30-31-25(35-22)26(2,27)13-17-8-5-4-6-9-17/h4-6,8-9,12,14-15,20H,7,10-11,13,27H2,1-3H3. The summed E-state index contributed by atoms with van der Waals surface area (Å²) in [7, 11) is 1.51. The van der Waals surface area contributed by atoms with Gasteiger partial charge in [0.05, 0.1) is 24.3 Å². The first-order chi connectivity index (χ1) is 17.4. The van der Waals surface area contributed by atoms with Crippen molar-refractivity contribution in [2.75, 3.05) is 13.7 Å². The minimum absolute atomic E-state index is 0.0345. The summed E-state index contributed by atoms with van der Waals surface area (Å²) in [6.45, 7) is 4.48. The van der Waals surface area contributed by atoms with E-state index in [1.807, 2.05) is 54.5 Å². The molecule has 4 heterocycles. The smallest absolute Gasteiger partial charge is 0.256 e. The molecule has 0 bridgehead atoms. The number of amides is 1. The lowest BCUT2D eigenvalue weighted by atomic mass is 9.94. The highest BCUT2D eigenvalue weighted by Gasteiger charge is 2.34. The number of carbonyl (C=O) groups is 1. The predicted octanol–water partition coefficient (Wildman–Crippen LogP) is 4.30. The number of benzene rings is 1. The van der Waals surface area contributed by atoms with Gasteiger partial charge < -0.3 is 19.8 Å². The van der Waals surface area contributed by atoms with Gasteiger partial charge in [-0.15, -0.1) is 21.5 Å². The summed E-state index contributed by atoms with van der Waals surface area (Å²) in [6.07, 6.45) is 3.86. The van der Waals surface area contributed by atoms with E-state index in [-0.39, 0.29) is 23.7 Å². The fraction of sp³-hybridized carbons (Fsp3) is 0.346. The van der Waals surface area contributed by atoms with Crippen molar-refractivity contribution >= 4 is 17.2 Å². The molecule has 36 heavy (non-hydrogen) atoms. The second-order valence-electron chi connectivity index (χ2n) is 9.26. The van der Waals surface area contributed by atoms with E-state index in [1.165, 1.54) is 13.3 Å². The van der Waals surface area contributed by atoms with Gasteiger partial charge in [-0.2, -0.15) is 0 Å². The fourth-order valence-electron chi connectivity index (χ4n) is 4.50. The van der Waals surface area contributed by atoms with E-state index in [2.05, 4.69) is 20.2 Å². The van der Waals surface area contributed by atoms with Crippen LogP contribution in [0.5, 0.6) is 5.88 Å². The molecule has 0 aliphatic carbocycles. The predicted molar refractivity (Wildman–Crippen MR) is 136 cm³/mol. The maximum absolute atomic E-state index is 13.5. The molecular weight excluding hydrogens is 476 g/mol. The molecule has 2 atom stereocenters. The zero-order valence-electron chi connectivity index (χ0n) is 20.5. The third-order valence-electron chi connectivity index (χ3n) is 6.29. The van der Waals surface area contributed by atoms with Crippen molar-refractivity contribution in [3.05, 3.63) is 75.7 Å². The topological polar surface area (TPSA) is 120 Å². The first-order valence-electron chi connectivity index (χ1n) is 11.8. The number of carbonyl (C=O) groups excluding carboxylic acids is 1. The van der Waals surface area contributed by atoms with Crippen LogP contribution in [0.1, 0.15) is 58.3 Å². The number of thiazole rings is 1. The Kier molecular flexibility index (Phi) is 6.55. The zero-order valence-corrected chi connectivity index (χ0v) is 21.3. The van der Waals surface area contributed by atoms with Gasteiger partial charge in [0.2, 0.25) is 11.8 Å². The Balaban J connectivity index is 1.43. The van der Waals surface area contributed by atoms with Gasteiger partial charge in [-0.25, -0.2) is 9.97 Å². The van der Waals surface area contributed by atoms with Gasteiger partial charge in [-0.1, -0.05) is 30.3 Å². The number of nitrogens with zero attached hydrogens (tertiary/aromatic N) is 5. The Labute approximate surface area is 213 Å². The Bertz CT molecular complexity index is 1370. The lowest BCUT2D eigenvalue weighted by molar-refractivity contribution is 0.0735. The molecule has 2 unspecified atom stereocenters. The SMILES string of the molecule is COc1ncc(C(=O)N2CCCC2c2nc(C)cs2)cc1-c1nnc(C(C)(N)Cc2ccccc2)o1. The largest absolute Gasteiger partial charge is 0.480 e. The summed E-state index contributed by atoms with van der Waals surface area (Å²) >= 11 is 1.59. The number of pyridine rings is 1. The zero-order chi connectivity index (χ0) is 25.3. The van der Waals surface area contributed by atoms with E-state index in [9.17, 15) is 4.79 Å². The van der Waals surface area contributed by atoms with Gasteiger partial charge in [-0.05, 0) is 44.7 Å². The van der Waals surface area contributed by atoms with Gasteiger partial charge >= 0.3 is 0 Å². The lowest BCUT2D eigenvalue weighted by Crippen LogP contribution is -2.35. The molecule has 0 spiro atoms. The number of ether oxygens (including phenoxy) is 1. The molecule has 10 heteroatoms. The minimum atomic E-state index is -0.880. The highest BCUT2D eigenvalue weighted by Crippen LogP contribution is 2.36. The quantitative estimate of drug-likeness (QED) is 0.396. The molecule has 0 saturated carbocycles. The molecule has 4 aromatic rings. The van der Waals surface area contributed by atoms with Crippen LogP contribution >= 0.6 is 11.3 Å². The highest BCUT2D eigenvalue weighted by molar-refractivity contribution is 7.09. The second kappa shape index (κ2) is 9.79. The summed E-state index contributed by atoms with van der Waals surface area (Å²) in [5, 5.41) is 11.4. The number of nitrogens with two attached hydrogens (primary N) is 1. The average Bonchev–Trinajstić information content (AvgIpc) is 3.64. The van der Waals surface area contributed by atoms with Crippen molar-refractivity contribution in [3.8, 4) is 17.3 Å². The van der Waals surface area contributed by atoms with Crippen LogP contribution in [0.3, 0.4) is 0 Å². The van der Waals surface area contributed by atoms with Crippen molar-refractivity contribution in [1.29, 1.82) is 0 Å². The number of aromatic nitrogens is 4. The van der Waals surface area contributed by atoms with Crippen LogP contribution in [-0.2, 0) is 12.0 Å². The number of likely N-dealkylation sites (tertiary alicyclic amines) is 1.